The van der Waals surface area contributed by atoms with Crippen LogP contribution in [0.1, 0.15) is 77.8 Å². The number of aliphatic hydroxyl groups excluding tert-OH is 1. The molecule has 3 aromatic heterocycles. The Kier molecular flexibility index (Phi) is 23.6. The number of anilines is 3. The molecule has 17 nitrogen and oxygen atoms in total. The molecule has 2 amide bonds. The fourth-order valence-electron chi connectivity index (χ4n) is 8.72. The van der Waals surface area contributed by atoms with Crippen LogP contribution in [0.4, 0.5) is 17.5 Å². The Labute approximate surface area is 515 Å². The van der Waals surface area contributed by atoms with Gasteiger partial charge in [-0.2, -0.15) is 0 Å². The van der Waals surface area contributed by atoms with E-state index in [0.717, 1.165) is 92.5 Å². The lowest BCUT2D eigenvalue weighted by Crippen LogP contribution is -2.43. The van der Waals surface area contributed by atoms with E-state index in [1.165, 1.54) is 19.2 Å². The fourth-order valence-corrected chi connectivity index (χ4v) is 9.85. The number of aliphatic carboxylic acids is 1. The van der Waals surface area contributed by atoms with Gasteiger partial charge >= 0.3 is 11.9 Å². The Morgan fingerprint density at radius 3 is 1.18 bits per heavy atom. The number of carbonyl (C=O) groups excluding carboxylic acids is 3. The third-order valence-electron chi connectivity index (χ3n) is 14.7. The van der Waals surface area contributed by atoms with Gasteiger partial charge in [0.05, 0.1) is 58.1 Å². The predicted molar refractivity (Wildman–Crippen MR) is 333 cm³/mol. The van der Waals surface area contributed by atoms with Gasteiger partial charge in [-0.25, -0.2) is 24.5 Å². The highest BCUT2D eigenvalue weighted by atomic mass is 35.5. The van der Waals surface area contributed by atoms with Gasteiger partial charge in [0.25, 0.3) is 11.8 Å². The van der Waals surface area contributed by atoms with Gasteiger partial charge in [0.2, 0.25) is 0 Å². The minimum Gasteiger partial charge on any atom is -0.493 e. The number of carboxylic acids is 1. The number of halogens is 4. The molecule has 0 radical (unpaired) electrons. The summed E-state index contributed by atoms with van der Waals surface area (Å²) in [5.74, 6) is 1.14. The molecule has 3 aliphatic rings. The smallest absolute Gasteiger partial charge is 0.328 e. The molecule has 0 saturated heterocycles. The normalized spacial score (nSPS) is 14.9. The van der Waals surface area contributed by atoms with Crippen molar-refractivity contribution in [3.8, 4) is 11.5 Å². The van der Waals surface area contributed by atoms with E-state index >= 15 is 0 Å². The Balaban J connectivity index is 0.000000199. The van der Waals surface area contributed by atoms with Crippen LogP contribution in [-0.2, 0) is 27.2 Å². The highest BCUT2D eigenvalue weighted by molar-refractivity contribution is 6.40. The summed E-state index contributed by atoms with van der Waals surface area (Å²) in [5.41, 5.74) is 2.10. The number of nitrogens with zero attached hydrogens (tertiary/aromatic N) is 3. The van der Waals surface area contributed by atoms with Crippen LogP contribution in [0.25, 0.3) is 0 Å². The van der Waals surface area contributed by atoms with Crippen molar-refractivity contribution in [2.75, 3.05) is 62.5 Å². The number of hydrogen-bond acceptors (Lipinski definition) is 14. The lowest BCUT2D eigenvalue weighted by atomic mass is 10.0. The van der Waals surface area contributed by atoms with Gasteiger partial charge < -0.3 is 51.0 Å². The summed E-state index contributed by atoms with van der Waals surface area (Å²) in [5, 5.41) is 34.6. The Hall–Kier alpha value is -7.67. The lowest BCUT2D eigenvalue weighted by Gasteiger charge is -2.19. The first-order valence-corrected chi connectivity index (χ1v) is 28.9. The molecule has 4 aromatic carbocycles. The summed E-state index contributed by atoms with van der Waals surface area (Å²) >= 11 is 24.4. The standard InChI is InChI=1S/C27H27Cl2N3O4.C26H25Cl2N3O4.C10H14N2O.CH4/c1-35-26(34)22(32-25(33)24-20(28)5-4-6-21(24)29)15-18-8-10-19(11-9-18)36-17-27(12-13-27)16-31-23-7-2-3-14-30-23;27-19-4-3-5-20(28)23(19)24(32)31-21(25(33)34)14-17-7-9-18(10-8-17)35-16-26(11-12-26)15-30-22-6-1-2-13-29-22;13-8-10(4-5-10)7-12-9-3-1-2-6-11-9;/h2-11,14,22H,12-13,15-17H2,1H3,(H,30,31)(H,32,33);1-10,13,21H,11-12,14-16H2,(H,29,30)(H,31,32)(H,33,34);1-3,6,13H,4-5,7-8H2,(H,11,12);1H4/t22-;21-;;/m00../s1. The number of hydrogen-bond donors (Lipinski definition) is 7. The van der Waals surface area contributed by atoms with Crippen LogP contribution in [0, 0.1) is 16.2 Å². The first-order valence-electron chi connectivity index (χ1n) is 27.4. The zero-order valence-corrected chi connectivity index (χ0v) is 49.2. The molecule has 0 spiro atoms. The van der Waals surface area contributed by atoms with Gasteiger partial charge in [-0.15, -0.1) is 0 Å². The molecule has 3 saturated carbocycles. The molecule has 0 aliphatic heterocycles. The van der Waals surface area contributed by atoms with E-state index in [1.807, 2.05) is 91.0 Å². The summed E-state index contributed by atoms with van der Waals surface area (Å²) in [6.07, 6.45) is 12.2. The molecule has 3 aliphatic carbocycles. The maximum atomic E-state index is 12.8. The molecule has 3 fully saturated rings. The highest BCUT2D eigenvalue weighted by Gasteiger charge is 2.45. The second-order valence-corrected chi connectivity index (χ2v) is 22.9. The number of amides is 2. The average molecular weight is 1240 g/mol. The second kappa shape index (κ2) is 30.9. The van der Waals surface area contributed by atoms with Gasteiger partial charge in [0.15, 0.2) is 0 Å². The molecular weight excluding hydrogens is 1170 g/mol. The topological polar surface area (TPSA) is 235 Å². The van der Waals surface area contributed by atoms with Crippen molar-refractivity contribution < 1.29 is 43.6 Å². The maximum Gasteiger partial charge on any atom is 0.328 e. The molecule has 10 rings (SSSR count). The van der Waals surface area contributed by atoms with E-state index in [1.54, 1.807) is 55.0 Å². The number of pyridine rings is 3. The van der Waals surface area contributed by atoms with Crippen molar-refractivity contribution in [2.24, 2.45) is 16.2 Å². The van der Waals surface area contributed by atoms with Crippen LogP contribution in [0.15, 0.2) is 158 Å². The second-order valence-electron chi connectivity index (χ2n) is 21.2. The van der Waals surface area contributed by atoms with Gasteiger partial charge in [-0.3, -0.25) is 9.59 Å². The van der Waals surface area contributed by atoms with E-state index in [0.29, 0.717) is 19.0 Å². The van der Waals surface area contributed by atoms with Crippen molar-refractivity contribution >= 4 is 87.6 Å². The molecular formula is C64H70Cl4N8O9. The number of esters is 1. The summed E-state index contributed by atoms with van der Waals surface area (Å²) < 4.78 is 16.9. The quantitative estimate of drug-likeness (QED) is 0.0250. The van der Waals surface area contributed by atoms with Crippen molar-refractivity contribution in [3.05, 3.63) is 200 Å². The zero-order chi connectivity index (χ0) is 59.5. The van der Waals surface area contributed by atoms with Crippen LogP contribution < -0.4 is 36.1 Å². The molecule has 448 valence electrons. The summed E-state index contributed by atoms with van der Waals surface area (Å²) in [6.45, 7) is 3.90. The first-order chi connectivity index (χ1) is 40.6. The monoisotopic (exact) mass is 1230 g/mol. The van der Waals surface area contributed by atoms with E-state index in [9.17, 15) is 24.3 Å². The maximum absolute atomic E-state index is 12.8. The van der Waals surface area contributed by atoms with E-state index < -0.39 is 35.8 Å². The molecule has 3 heterocycles. The van der Waals surface area contributed by atoms with Crippen molar-refractivity contribution in [1.29, 1.82) is 0 Å². The number of aromatic nitrogens is 3. The fraction of sp³-hybridized carbons (Fsp3) is 0.328. The molecule has 7 N–H and O–H groups in total. The number of aliphatic hydroxyl groups is 1. The van der Waals surface area contributed by atoms with Gasteiger partial charge in [0, 0.05) is 67.3 Å². The van der Waals surface area contributed by atoms with Crippen LogP contribution in [-0.4, -0.2) is 108 Å². The molecule has 7 aromatic rings. The van der Waals surface area contributed by atoms with Gasteiger partial charge in [-0.1, -0.05) is 108 Å². The molecule has 85 heavy (non-hydrogen) atoms. The number of carboxylic acid groups (broad SMARTS) is 1. The average Bonchev–Trinajstić information content (AvgIpc) is 4.19. The molecule has 0 bridgehead atoms. The molecule has 21 heteroatoms. The Bertz CT molecular complexity index is 3250. The van der Waals surface area contributed by atoms with Gasteiger partial charge in [0.1, 0.15) is 41.0 Å². The van der Waals surface area contributed by atoms with E-state index in [4.69, 9.17) is 65.7 Å². The third-order valence-corrected chi connectivity index (χ3v) is 16.0. The van der Waals surface area contributed by atoms with Crippen molar-refractivity contribution in [3.63, 3.8) is 0 Å². The SMILES string of the molecule is C.COC(=O)[C@H](Cc1ccc(OCC2(CNc3ccccn3)CC2)cc1)NC(=O)c1c(Cl)cccc1Cl.O=C(N[C@@H](Cc1ccc(OCC2(CNc3ccccn3)CC2)cc1)C(=O)O)c1c(Cl)cccc1Cl.OCC1(CNc2ccccn2)CC1. The number of benzene rings is 4. The number of carbonyl (C=O) groups is 4. The summed E-state index contributed by atoms with van der Waals surface area (Å²) in [4.78, 5) is 62.3. The number of ether oxygens (including phenoxy) is 3. The van der Waals surface area contributed by atoms with Crippen LogP contribution in [0.3, 0.4) is 0 Å². The van der Waals surface area contributed by atoms with Crippen molar-refractivity contribution in [2.45, 2.75) is 70.9 Å². The first kappa shape index (κ1) is 64.9. The number of methoxy groups -OCH3 is 1. The van der Waals surface area contributed by atoms with E-state index in [2.05, 4.69) is 41.5 Å². The van der Waals surface area contributed by atoms with E-state index in [-0.39, 0.29) is 74.3 Å². The Morgan fingerprint density at radius 1 is 0.506 bits per heavy atom. The van der Waals surface area contributed by atoms with Crippen molar-refractivity contribution in [1.82, 2.24) is 25.6 Å². The third kappa shape index (κ3) is 19.7. The lowest BCUT2D eigenvalue weighted by molar-refractivity contribution is -0.143. The van der Waals surface area contributed by atoms with Crippen LogP contribution in [0.2, 0.25) is 20.1 Å². The van der Waals surface area contributed by atoms with Crippen LogP contribution >= 0.6 is 46.4 Å². The highest BCUT2D eigenvalue weighted by Crippen LogP contribution is 2.47. The summed E-state index contributed by atoms with van der Waals surface area (Å²) in [6, 6.07) is 39.4. The largest absolute Gasteiger partial charge is 0.493 e. The number of nitrogens with one attached hydrogen (secondary N) is 5. The predicted octanol–water partition coefficient (Wildman–Crippen LogP) is 12.2. The van der Waals surface area contributed by atoms with Gasteiger partial charge in [-0.05, 0) is 135 Å². The minimum absolute atomic E-state index is 0. The zero-order valence-electron chi connectivity index (χ0n) is 46.2. The summed E-state index contributed by atoms with van der Waals surface area (Å²) in [7, 11) is 1.28. The van der Waals surface area contributed by atoms with Crippen LogP contribution in [0.5, 0.6) is 11.5 Å². The molecule has 2 atom stereocenters. The molecule has 0 unspecified atom stereocenters. The Morgan fingerprint density at radius 2 is 0.859 bits per heavy atom. The number of rotatable bonds is 26. The minimum atomic E-state index is -1.15.